The SMILES string of the molecule is CC(N)C1(C(=O)N2Cc3ccccc3C[C@H]2C(=O)N[C@@H]2CCc3ccccc32)CC=CC=N1. The number of hydrogen-bond donors (Lipinski definition) is 2. The van der Waals surface area contributed by atoms with Gasteiger partial charge in [0.15, 0.2) is 5.54 Å². The van der Waals surface area contributed by atoms with E-state index in [0.29, 0.717) is 19.4 Å². The molecule has 2 aromatic rings. The number of benzene rings is 2. The summed E-state index contributed by atoms with van der Waals surface area (Å²) >= 11 is 0. The van der Waals surface area contributed by atoms with Crippen LogP contribution in [0.5, 0.6) is 0 Å². The zero-order valence-corrected chi connectivity index (χ0v) is 18.9. The van der Waals surface area contributed by atoms with Crippen molar-refractivity contribution in [3.05, 3.63) is 82.9 Å². The Morgan fingerprint density at radius 3 is 2.58 bits per heavy atom. The Hall–Kier alpha value is -3.25. The minimum absolute atomic E-state index is 0.0270. The second-order valence-electron chi connectivity index (χ2n) is 9.34. The van der Waals surface area contributed by atoms with Gasteiger partial charge >= 0.3 is 0 Å². The first-order chi connectivity index (χ1) is 16.0. The van der Waals surface area contributed by atoms with Gasteiger partial charge in [-0.05, 0) is 48.1 Å². The third kappa shape index (κ3) is 3.78. The first kappa shape index (κ1) is 21.6. The number of nitrogens with one attached hydrogen (secondary N) is 1. The Morgan fingerprint density at radius 2 is 1.85 bits per heavy atom. The molecule has 0 saturated heterocycles. The summed E-state index contributed by atoms with van der Waals surface area (Å²) in [4.78, 5) is 33.9. The maximum atomic E-state index is 14.0. The summed E-state index contributed by atoms with van der Waals surface area (Å²) in [6.07, 6.45) is 8.15. The number of fused-ring (bicyclic) bond motifs is 2. The molecule has 3 aliphatic rings. The Balaban J connectivity index is 1.46. The molecule has 33 heavy (non-hydrogen) atoms. The highest BCUT2D eigenvalue weighted by molar-refractivity contribution is 5.95. The van der Waals surface area contributed by atoms with Gasteiger partial charge in [-0.3, -0.25) is 14.6 Å². The molecule has 6 heteroatoms. The number of rotatable bonds is 4. The van der Waals surface area contributed by atoms with Crippen LogP contribution in [0.25, 0.3) is 0 Å². The van der Waals surface area contributed by atoms with E-state index < -0.39 is 17.6 Å². The molecule has 2 amide bonds. The van der Waals surface area contributed by atoms with E-state index in [9.17, 15) is 9.59 Å². The predicted molar refractivity (Wildman–Crippen MR) is 129 cm³/mol. The topological polar surface area (TPSA) is 87.8 Å². The molecule has 2 unspecified atom stereocenters. The van der Waals surface area contributed by atoms with Crippen molar-refractivity contribution in [1.29, 1.82) is 0 Å². The van der Waals surface area contributed by atoms with E-state index in [1.165, 1.54) is 11.1 Å². The molecule has 0 radical (unpaired) electrons. The highest BCUT2D eigenvalue weighted by Crippen LogP contribution is 2.34. The van der Waals surface area contributed by atoms with Gasteiger partial charge < -0.3 is 16.0 Å². The average molecular weight is 443 g/mol. The van der Waals surface area contributed by atoms with Crippen molar-refractivity contribution < 1.29 is 9.59 Å². The smallest absolute Gasteiger partial charge is 0.253 e. The number of aryl methyl sites for hydroxylation is 1. The molecule has 2 aliphatic heterocycles. The second-order valence-corrected chi connectivity index (χ2v) is 9.34. The van der Waals surface area contributed by atoms with Crippen LogP contribution in [-0.2, 0) is 29.0 Å². The molecular formula is C27H30N4O2. The third-order valence-electron chi connectivity index (χ3n) is 7.34. The van der Waals surface area contributed by atoms with Gasteiger partial charge in [0.1, 0.15) is 6.04 Å². The Labute approximate surface area is 194 Å². The molecule has 2 heterocycles. The van der Waals surface area contributed by atoms with E-state index in [4.69, 9.17) is 5.73 Å². The number of carbonyl (C=O) groups excluding carboxylic acids is 2. The van der Waals surface area contributed by atoms with E-state index in [1.807, 2.05) is 55.5 Å². The fourth-order valence-corrected chi connectivity index (χ4v) is 5.37. The first-order valence-corrected chi connectivity index (χ1v) is 11.7. The number of amides is 2. The quantitative estimate of drug-likeness (QED) is 0.763. The number of hydrogen-bond acceptors (Lipinski definition) is 4. The zero-order chi connectivity index (χ0) is 23.0. The summed E-state index contributed by atoms with van der Waals surface area (Å²) in [5.74, 6) is -0.297. The standard InChI is InChI=1S/C27H30N4O2/c1-18(28)27(14-6-7-15-29-27)26(33)31-17-21-10-3-2-9-20(21)16-24(31)25(32)30-23-13-12-19-8-4-5-11-22(19)23/h2-11,15,18,23-24H,12-14,16-17,28H2,1H3,(H,30,32)/t18?,23-,24+,27?/m1/s1. The largest absolute Gasteiger partial charge is 0.347 e. The molecule has 0 saturated carbocycles. The number of nitrogens with two attached hydrogens (primary N) is 1. The first-order valence-electron chi connectivity index (χ1n) is 11.7. The third-order valence-corrected chi connectivity index (χ3v) is 7.34. The number of nitrogens with zero attached hydrogens (tertiary/aromatic N) is 2. The van der Waals surface area contributed by atoms with Gasteiger partial charge in [0, 0.05) is 31.6 Å². The number of dihydropyridines is 1. The summed E-state index contributed by atoms with van der Waals surface area (Å²) in [5, 5.41) is 3.25. The van der Waals surface area contributed by atoms with Crippen LogP contribution in [0, 0.1) is 0 Å². The van der Waals surface area contributed by atoms with Gasteiger partial charge in [0.2, 0.25) is 5.91 Å². The number of aliphatic imine (C=N–C) groups is 1. The van der Waals surface area contributed by atoms with Crippen LogP contribution in [0.15, 0.2) is 65.7 Å². The molecule has 0 spiro atoms. The van der Waals surface area contributed by atoms with E-state index in [1.54, 1.807) is 11.1 Å². The molecule has 0 bridgehead atoms. The van der Waals surface area contributed by atoms with E-state index in [2.05, 4.69) is 22.4 Å². The maximum absolute atomic E-state index is 14.0. The van der Waals surface area contributed by atoms with Crippen molar-refractivity contribution >= 4 is 18.0 Å². The molecule has 4 atom stereocenters. The van der Waals surface area contributed by atoms with E-state index in [-0.39, 0.29) is 17.9 Å². The van der Waals surface area contributed by atoms with Gasteiger partial charge in [-0.25, -0.2) is 0 Å². The fourth-order valence-electron chi connectivity index (χ4n) is 5.37. The molecule has 2 aromatic carbocycles. The Bertz CT molecular complexity index is 1140. The monoisotopic (exact) mass is 442 g/mol. The Morgan fingerprint density at radius 1 is 1.12 bits per heavy atom. The van der Waals surface area contributed by atoms with Crippen molar-refractivity contribution in [3.8, 4) is 0 Å². The van der Waals surface area contributed by atoms with Crippen molar-refractivity contribution in [3.63, 3.8) is 0 Å². The van der Waals surface area contributed by atoms with Crippen LogP contribution in [-0.4, -0.2) is 40.6 Å². The van der Waals surface area contributed by atoms with Crippen molar-refractivity contribution in [1.82, 2.24) is 10.2 Å². The minimum Gasteiger partial charge on any atom is -0.347 e. The zero-order valence-electron chi connectivity index (χ0n) is 18.9. The lowest BCUT2D eigenvalue weighted by atomic mass is 9.83. The lowest BCUT2D eigenvalue weighted by Gasteiger charge is -2.43. The van der Waals surface area contributed by atoms with Crippen LogP contribution in [0.4, 0.5) is 0 Å². The molecule has 170 valence electrons. The second kappa shape index (κ2) is 8.60. The lowest BCUT2D eigenvalue weighted by molar-refractivity contribution is -0.146. The highest BCUT2D eigenvalue weighted by atomic mass is 16.2. The summed E-state index contributed by atoms with van der Waals surface area (Å²) in [5.41, 5.74) is 9.86. The lowest BCUT2D eigenvalue weighted by Crippen LogP contribution is -2.62. The van der Waals surface area contributed by atoms with Gasteiger partial charge in [0.05, 0.1) is 6.04 Å². The van der Waals surface area contributed by atoms with Crippen LogP contribution in [0.2, 0.25) is 0 Å². The van der Waals surface area contributed by atoms with Crippen LogP contribution in [0.3, 0.4) is 0 Å². The normalized spacial score (nSPS) is 26.4. The number of carbonyl (C=O) groups is 2. The van der Waals surface area contributed by atoms with E-state index >= 15 is 0 Å². The highest BCUT2D eigenvalue weighted by Gasteiger charge is 2.48. The molecule has 1 aliphatic carbocycles. The molecule has 0 fully saturated rings. The molecule has 5 rings (SSSR count). The molecule has 6 nitrogen and oxygen atoms in total. The summed E-state index contributed by atoms with van der Waals surface area (Å²) in [7, 11) is 0. The maximum Gasteiger partial charge on any atom is 0.253 e. The summed E-state index contributed by atoms with van der Waals surface area (Å²) in [6, 6.07) is 15.2. The molecule has 0 aromatic heterocycles. The minimum atomic E-state index is -1.08. The van der Waals surface area contributed by atoms with Gasteiger partial charge in [-0.15, -0.1) is 0 Å². The summed E-state index contributed by atoms with van der Waals surface area (Å²) < 4.78 is 0. The van der Waals surface area contributed by atoms with Crippen molar-refractivity contribution in [2.24, 2.45) is 10.7 Å². The van der Waals surface area contributed by atoms with Crippen molar-refractivity contribution in [2.45, 2.75) is 62.8 Å². The van der Waals surface area contributed by atoms with Crippen molar-refractivity contribution in [2.75, 3.05) is 0 Å². The average Bonchev–Trinajstić information content (AvgIpc) is 3.25. The van der Waals surface area contributed by atoms with Crippen LogP contribution in [0.1, 0.15) is 48.1 Å². The molecule has 3 N–H and O–H groups in total. The van der Waals surface area contributed by atoms with Gasteiger partial charge in [-0.2, -0.15) is 0 Å². The predicted octanol–water partition coefficient (Wildman–Crippen LogP) is 2.86. The van der Waals surface area contributed by atoms with Gasteiger partial charge in [-0.1, -0.05) is 54.6 Å². The summed E-state index contributed by atoms with van der Waals surface area (Å²) in [6.45, 7) is 2.19. The van der Waals surface area contributed by atoms with Gasteiger partial charge in [0.25, 0.3) is 5.91 Å². The van der Waals surface area contributed by atoms with Crippen LogP contribution < -0.4 is 11.1 Å². The van der Waals surface area contributed by atoms with Crippen LogP contribution >= 0.6 is 0 Å². The number of allylic oxidation sites excluding steroid dienone is 1. The fraction of sp³-hybridized carbons (Fsp3) is 0.370. The Kier molecular flexibility index (Phi) is 5.62. The molecular weight excluding hydrogens is 412 g/mol. The van der Waals surface area contributed by atoms with E-state index in [0.717, 1.165) is 24.0 Å².